The van der Waals surface area contributed by atoms with Crippen molar-refractivity contribution in [1.29, 1.82) is 0 Å². The number of carbonyl (C=O) groups excluding carboxylic acids is 1. The number of oxazole rings is 1. The van der Waals surface area contributed by atoms with Crippen molar-refractivity contribution in [2.75, 3.05) is 5.32 Å². The summed E-state index contributed by atoms with van der Waals surface area (Å²) in [6.07, 6.45) is 2.69. The van der Waals surface area contributed by atoms with Crippen molar-refractivity contribution >= 4 is 33.3 Å². The van der Waals surface area contributed by atoms with Crippen molar-refractivity contribution < 1.29 is 9.21 Å². The number of aromatic nitrogens is 3. The van der Waals surface area contributed by atoms with Crippen LogP contribution < -0.4 is 5.32 Å². The number of hydrogen-bond donors (Lipinski definition) is 1. The zero-order valence-electron chi connectivity index (χ0n) is 12.7. The zero-order valence-corrected chi connectivity index (χ0v) is 13.5. The number of thiophene rings is 1. The van der Waals surface area contributed by atoms with Gasteiger partial charge >= 0.3 is 0 Å². The van der Waals surface area contributed by atoms with Gasteiger partial charge in [-0.3, -0.25) is 4.79 Å². The first kappa shape index (κ1) is 14.5. The van der Waals surface area contributed by atoms with Crippen LogP contribution in [-0.4, -0.2) is 20.9 Å². The van der Waals surface area contributed by atoms with Gasteiger partial charge in [0, 0.05) is 10.9 Å². The van der Waals surface area contributed by atoms with Crippen LogP contribution in [0.15, 0.2) is 52.9 Å². The lowest BCUT2D eigenvalue weighted by molar-refractivity contribution is 0.102. The van der Waals surface area contributed by atoms with E-state index < -0.39 is 0 Å². The van der Waals surface area contributed by atoms with E-state index in [1.54, 1.807) is 6.92 Å². The van der Waals surface area contributed by atoms with E-state index in [2.05, 4.69) is 20.3 Å². The molecule has 6 nitrogen and oxygen atoms in total. The summed E-state index contributed by atoms with van der Waals surface area (Å²) in [5.74, 6) is 0.574. The molecule has 0 bridgehead atoms. The van der Waals surface area contributed by atoms with Gasteiger partial charge in [0.25, 0.3) is 5.91 Å². The molecular formula is C17H12N4O2S. The molecule has 3 heterocycles. The number of fused-ring (bicyclic) bond motifs is 1. The lowest BCUT2D eigenvalue weighted by Gasteiger charge is -2.06. The summed E-state index contributed by atoms with van der Waals surface area (Å²) < 4.78 is 5.09. The predicted octanol–water partition coefficient (Wildman–Crippen LogP) is 3.91. The molecule has 0 aliphatic rings. The van der Waals surface area contributed by atoms with Crippen molar-refractivity contribution in [3.8, 4) is 11.1 Å². The van der Waals surface area contributed by atoms with Crippen molar-refractivity contribution in [2.24, 2.45) is 0 Å². The van der Waals surface area contributed by atoms with E-state index in [1.165, 1.54) is 24.1 Å². The average Bonchev–Trinajstić information content (AvgIpc) is 3.22. The third-order valence-corrected chi connectivity index (χ3v) is 4.53. The number of rotatable bonds is 3. The van der Waals surface area contributed by atoms with Crippen LogP contribution in [0, 0.1) is 6.92 Å². The SMILES string of the molecule is Cc1ocnc1C(=O)Nc1ncnc2scc(-c3ccccc3)c12. The van der Waals surface area contributed by atoms with Gasteiger partial charge < -0.3 is 9.73 Å². The van der Waals surface area contributed by atoms with Gasteiger partial charge in [0.15, 0.2) is 12.1 Å². The van der Waals surface area contributed by atoms with Crippen LogP contribution >= 0.6 is 11.3 Å². The van der Waals surface area contributed by atoms with Gasteiger partial charge in [0.1, 0.15) is 22.7 Å². The van der Waals surface area contributed by atoms with Gasteiger partial charge in [-0.25, -0.2) is 15.0 Å². The number of carbonyl (C=O) groups is 1. The molecule has 0 unspecified atom stereocenters. The molecule has 1 amide bonds. The average molecular weight is 336 g/mol. The third kappa shape index (κ3) is 2.44. The van der Waals surface area contributed by atoms with Crippen LogP contribution in [0.25, 0.3) is 21.3 Å². The molecule has 1 N–H and O–H groups in total. The standard InChI is InChI=1S/C17H12N4O2S/c1-10-14(20-9-23-10)16(22)21-15-13-12(11-5-3-2-4-6-11)7-24-17(13)19-8-18-15/h2-9H,1H3,(H,18,19,21,22). The largest absolute Gasteiger partial charge is 0.448 e. The lowest BCUT2D eigenvalue weighted by Crippen LogP contribution is -2.14. The van der Waals surface area contributed by atoms with E-state index in [-0.39, 0.29) is 11.6 Å². The van der Waals surface area contributed by atoms with Crippen molar-refractivity contribution in [3.63, 3.8) is 0 Å². The fourth-order valence-corrected chi connectivity index (χ4v) is 3.41. The number of anilines is 1. The van der Waals surface area contributed by atoms with Crippen LogP contribution in [0.5, 0.6) is 0 Å². The van der Waals surface area contributed by atoms with Crippen LogP contribution in [-0.2, 0) is 0 Å². The number of nitrogens with zero attached hydrogens (tertiary/aromatic N) is 3. The molecular weight excluding hydrogens is 324 g/mol. The molecule has 0 saturated carbocycles. The minimum absolute atomic E-state index is 0.248. The summed E-state index contributed by atoms with van der Waals surface area (Å²) in [5.41, 5.74) is 2.29. The Labute approximate surface area is 141 Å². The Hall–Kier alpha value is -3.06. The number of nitrogens with one attached hydrogen (secondary N) is 1. The highest BCUT2D eigenvalue weighted by atomic mass is 32.1. The molecule has 0 spiro atoms. The zero-order chi connectivity index (χ0) is 16.5. The smallest absolute Gasteiger partial charge is 0.279 e. The molecule has 4 rings (SSSR count). The van der Waals surface area contributed by atoms with Crippen LogP contribution in [0.3, 0.4) is 0 Å². The highest BCUT2D eigenvalue weighted by molar-refractivity contribution is 7.17. The topological polar surface area (TPSA) is 80.9 Å². The van der Waals surface area contributed by atoms with Crippen molar-refractivity contribution in [2.45, 2.75) is 6.92 Å². The summed E-state index contributed by atoms with van der Waals surface area (Å²) in [7, 11) is 0. The van der Waals surface area contributed by atoms with E-state index in [1.807, 2.05) is 35.7 Å². The Bertz CT molecular complexity index is 1020. The first-order valence-corrected chi connectivity index (χ1v) is 8.11. The lowest BCUT2D eigenvalue weighted by atomic mass is 10.1. The minimum atomic E-state index is -0.355. The number of amides is 1. The Morgan fingerprint density at radius 3 is 2.75 bits per heavy atom. The Kier molecular flexibility index (Phi) is 3.55. The first-order valence-electron chi connectivity index (χ1n) is 7.23. The monoisotopic (exact) mass is 336 g/mol. The summed E-state index contributed by atoms with van der Waals surface area (Å²) in [4.78, 5) is 25.7. The van der Waals surface area contributed by atoms with Gasteiger partial charge in [0.05, 0.1) is 5.39 Å². The molecule has 4 aromatic rings. The summed E-state index contributed by atoms with van der Waals surface area (Å²) in [6, 6.07) is 9.94. The van der Waals surface area contributed by atoms with Gasteiger partial charge in [-0.1, -0.05) is 30.3 Å². The normalized spacial score (nSPS) is 10.9. The van der Waals surface area contributed by atoms with E-state index in [0.29, 0.717) is 11.6 Å². The molecule has 0 fully saturated rings. The molecule has 3 aromatic heterocycles. The predicted molar refractivity (Wildman–Crippen MR) is 92.0 cm³/mol. The first-order chi connectivity index (χ1) is 11.7. The minimum Gasteiger partial charge on any atom is -0.448 e. The summed E-state index contributed by atoms with van der Waals surface area (Å²) in [5, 5.41) is 5.66. The molecule has 0 atom stereocenters. The fourth-order valence-electron chi connectivity index (χ4n) is 2.49. The van der Waals surface area contributed by atoms with Crippen molar-refractivity contribution in [1.82, 2.24) is 15.0 Å². The van der Waals surface area contributed by atoms with Crippen LogP contribution in [0.2, 0.25) is 0 Å². The molecule has 0 saturated heterocycles. The molecule has 1 aromatic carbocycles. The van der Waals surface area contributed by atoms with Gasteiger partial charge in [-0.2, -0.15) is 0 Å². The second-order valence-corrected chi connectivity index (χ2v) is 5.99. The van der Waals surface area contributed by atoms with Crippen LogP contribution in [0.1, 0.15) is 16.2 Å². The number of aryl methyl sites for hydroxylation is 1. The van der Waals surface area contributed by atoms with E-state index in [0.717, 1.165) is 21.3 Å². The maximum Gasteiger partial charge on any atom is 0.279 e. The summed E-state index contributed by atoms with van der Waals surface area (Å²) in [6.45, 7) is 1.69. The molecule has 118 valence electrons. The third-order valence-electron chi connectivity index (χ3n) is 3.65. The second kappa shape index (κ2) is 5.86. The van der Waals surface area contributed by atoms with E-state index in [9.17, 15) is 4.79 Å². The number of benzene rings is 1. The Morgan fingerprint density at radius 2 is 2.00 bits per heavy atom. The summed E-state index contributed by atoms with van der Waals surface area (Å²) >= 11 is 1.51. The number of hydrogen-bond acceptors (Lipinski definition) is 6. The highest BCUT2D eigenvalue weighted by Crippen LogP contribution is 2.36. The Balaban J connectivity index is 1.80. The quantitative estimate of drug-likeness (QED) is 0.613. The maximum absolute atomic E-state index is 12.4. The van der Waals surface area contributed by atoms with Crippen LogP contribution in [0.4, 0.5) is 5.82 Å². The second-order valence-electron chi connectivity index (χ2n) is 5.13. The van der Waals surface area contributed by atoms with Gasteiger partial charge in [-0.05, 0) is 12.5 Å². The van der Waals surface area contributed by atoms with Crippen molar-refractivity contribution in [3.05, 3.63) is 59.9 Å². The van der Waals surface area contributed by atoms with E-state index >= 15 is 0 Å². The molecule has 0 aliphatic heterocycles. The maximum atomic E-state index is 12.4. The fraction of sp³-hybridized carbons (Fsp3) is 0.0588. The Morgan fingerprint density at radius 1 is 1.17 bits per heavy atom. The van der Waals surface area contributed by atoms with Gasteiger partial charge in [-0.15, -0.1) is 11.3 Å². The highest BCUT2D eigenvalue weighted by Gasteiger charge is 2.18. The molecule has 7 heteroatoms. The molecule has 24 heavy (non-hydrogen) atoms. The molecule has 0 aliphatic carbocycles. The van der Waals surface area contributed by atoms with Gasteiger partial charge in [0.2, 0.25) is 0 Å². The molecule has 0 radical (unpaired) electrons. The van der Waals surface area contributed by atoms with E-state index in [4.69, 9.17) is 4.42 Å².